The summed E-state index contributed by atoms with van der Waals surface area (Å²) in [5.74, 6) is -0.161. The third-order valence-electron chi connectivity index (χ3n) is 2.60. The predicted octanol–water partition coefficient (Wildman–Crippen LogP) is 3.79. The lowest BCUT2D eigenvalue weighted by molar-refractivity contribution is 0.0808. The van der Waals surface area contributed by atoms with Crippen molar-refractivity contribution in [1.82, 2.24) is 4.90 Å². The summed E-state index contributed by atoms with van der Waals surface area (Å²) in [6.45, 7) is 2.00. The largest absolute Gasteiger partial charge is 0.279 e. The first-order valence-electron chi connectivity index (χ1n) is 5.59. The van der Waals surface area contributed by atoms with Crippen molar-refractivity contribution in [3.05, 3.63) is 46.6 Å². The Morgan fingerprint density at radius 3 is 2.94 bits per heavy atom. The summed E-state index contributed by atoms with van der Waals surface area (Å²) in [5.41, 5.74) is 0.805. The van der Waals surface area contributed by atoms with Gasteiger partial charge in [0.05, 0.1) is 0 Å². The molecule has 1 aliphatic heterocycles. The number of hydrogen-bond donors (Lipinski definition) is 0. The average molecular weight is 328 g/mol. The molecule has 1 atom stereocenters. The Bertz CT molecular complexity index is 527. The van der Waals surface area contributed by atoms with Crippen LogP contribution in [-0.2, 0) is 0 Å². The highest BCUT2D eigenvalue weighted by molar-refractivity contribution is 9.10. The predicted molar refractivity (Wildman–Crippen MR) is 76.8 cm³/mol. The van der Waals surface area contributed by atoms with E-state index in [0.717, 1.165) is 16.6 Å². The summed E-state index contributed by atoms with van der Waals surface area (Å²) in [6, 6.07) is 7.20. The van der Waals surface area contributed by atoms with Gasteiger partial charge in [-0.3, -0.25) is 9.69 Å². The summed E-state index contributed by atoms with van der Waals surface area (Å²) < 4.78 is 0.859. The molecule has 1 aromatic carbocycles. The molecule has 0 spiro atoms. The SMILES string of the molecule is CCC1=NC(Cl)N(C(=O)c2cccc(Br)c2)C=C1. The van der Waals surface area contributed by atoms with E-state index in [1.165, 1.54) is 4.90 Å². The minimum absolute atomic E-state index is 0.161. The number of aliphatic imine (C=N–C) groups is 1. The van der Waals surface area contributed by atoms with Crippen LogP contribution in [0.3, 0.4) is 0 Å². The number of nitrogens with zero attached hydrogens (tertiary/aromatic N) is 2. The topological polar surface area (TPSA) is 32.7 Å². The third-order valence-corrected chi connectivity index (χ3v) is 3.40. The molecule has 0 bridgehead atoms. The molecule has 94 valence electrons. The second-order valence-electron chi connectivity index (χ2n) is 3.82. The molecule has 1 amide bonds. The maximum absolute atomic E-state index is 12.3. The minimum atomic E-state index is -0.670. The minimum Gasteiger partial charge on any atom is -0.279 e. The maximum atomic E-state index is 12.3. The van der Waals surface area contributed by atoms with Gasteiger partial charge in [-0.15, -0.1) is 0 Å². The highest BCUT2D eigenvalue weighted by atomic mass is 79.9. The van der Waals surface area contributed by atoms with Crippen LogP contribution in [0.2, 0.25) is 0 Å². The first-order chi connectivity index (χ1) is 8.61. The van der Waals surface area contributed by atoms with Crippen molar-refractivity contribution in [2.75, 3.05) is 0 Å². The van der Waals surface area contributed by atoms with Gasteiger partial charge in [0.2, 0.25) is 5.62 Å². The fourth-order valence-corrected chi connectivity index (χ4v) is 2.30. The number of benzene rings is 1. The van der Waals surface area contributed by atoms with Crippen LogP contribution in [0.1, 0.15) is 23.7 Å². The van der Waals surface area contributed by atoms with Gasteiger partial charge in [0.15, 0.2) is 0 Å². The van der Waals surface area contributed by atoms with Gasteiger partial charge in [0.25, 0.3) is 5.91 Å². The van der Waals surface area contributed by atoms with E-state index in [-0.39, 0.29) is 5.91 Å². The fraction of sp³-hybridized carbons (Fsp3) is 0.231. The van der Waals surface area contributed by atoms with Crippen molar-refractivity contribution >= 4 is 39.1 Å². The van der Waals surface area contributed by atoms with Crippen LogP contribution in [0.4, 0.5) is 0 Å². The van der Waals surface area contributed by atoms with Gasteiger partial charge >= 0.3 is 0 Å². The van der Waals surface area contributed by atoms with Crippen molar-refractivity contribution < 1.29 is 4.79 Å². The number of carbonyl (C=O) groups excluding carboxylic acids is 1. The van der Waals surface area contributed by atoms with Gasteiger partial charge in [-0.25, -0.2) is 4.99 Å². The zero-order valence-electron chi connectivity index (χ0n) is 9.81. The van der Waals surface area contributed by atoms with Gasteiger partial charge in [0.1, 0.15) is 0 Å². The molecule has 1 aliphatic rings. The zero-order valence-corrected chi connectivity index (χ0v) is 12.1. The van der Waals surface area contributed by atoms with E-state index in [1.807, 2.05) is 25.1 Å². The maximum Gasteiger partial charge on any atom is 0.260 e. The van der Waals surface area contributed by atoms with E-state index in [9.17, 15) is 4.79 Å². The van der Waals surface area contributed by atoms with Crippen molar-refractivity contribution in [2.45, 2.75) is 19.0 Å². The molecule has 0 fully saturated rings. The first kappa shape index (κ1) is 13.3. The Labute approximate surface area is 119 Å². The zero-order chi connectivity index (χ0) is 13.1. The van der Waals surface area contributed by atoms with Crippen LogP contribution in [0.25, 0.3) is 0 Å². The molecule has 0 saturated carbocycles. The smallest absolute Gasteiger partial charge is 0.260 e. The van der Waals surface area contributed by atoms with Crippen molar-refractivity contribution in [3.63, 3.8) is 0 Å². The summed E-state index contributed by atoms with van der Waals surface area (Å²) in [6.07, 6.45) is 4.31. The van der Waals surface area contributed by atoms with E-state index in [0.29, 0.717) is 5.56 Å². The molecule has 1 unspecified atom stereocenters. The molecule has 18 heavy (non-hydrogen) atoms. The van der Waals surface area contributed by atoms with Crippen molar-refractivity contribution in [3.8, 4) is 0 Å². The molecule has 5 heteroatoms. The first-order valence-corrected chi connectivity index (χ1v) is 6.82. The molecule has 1 heterocycles. The lowest BCUT2D eigenvalue weighted by atomic mass is 10.2. The second kappa shape index (κ2) is 5.67. The molecule has 3 nitrogen and oxygen atoms in total. The molecule has 1 aromatic rings. The number of halogens is 2. The average Bonchev–Trinajstić information content (AvgIpc) is 2.37. The van der Waals surface area contributed by atoms with Gasteiger partial charge in [-0.2, -0.15) is 0 Å². The van der Waals surface area contributed by atoms with Crippen molar-refractivity contribution in [1.29, 1.82) is 0 Å². The van der Waals surface area contributed by atoms with Gasteiger partial charge in [-0.05, 0) is 30.7 Å². The monoisotopic (exact) mass is 326 g/mol. The van der Waals surface area contributed by atoms with Gasteiger partial charge < -0.3 is 0 Å². The Hall–Kier alpha value is -1.13. The quantitative estimate of drug-likeness (QED) is 0.601. The highest BCUT2D eigenvalue weighted by Gasteiger charge is 2.23. The Morgan fingerprint density at radius 2 is 2.33 bits per heavy atom. The Kier molecular flexibility index (Phi) is 4.19. The Balaban J connectivity index is 2.21. The fourth-order valence-electron chi connectivity index (χ4n) is 1.62. The van der Waals surface area contributed by atoms with Crippen LogP contribution in [-0.4, -0.2) is 22.1 Å². The molecule has 0 aliphatic carbocycles. The molecule has 0 saturated heterocycles. The molecule has 0 radical (unpaired) electrons. The summed E-state index contributed by atoms with van der Waals surface area (Å²) in [7, 11) is 0. The summed E-state index contributed by atoms with van der Waals surface area (Å²) >= 11 is 9.44. The van der Waals surface area contributed by atoms with Gasteiger partial charge in [0, 0.05) is 21.9 Å². The highest BCUT2D eigenvalue weighted by Crippen LogP contribution is 2.19. The van der Waals surface area contributed by atoms with E-state index in [4.69, 9.17) is 11.6 Å². The standard InChI is InChI=1S/C13H12BrClN2O/c1-2-11-6-7-17(13(15)16-11)12(18)9-4-3-5-10(14)8-9/h3-8,13H,2H2,1H3. The lowest BCUT2D eigenvalue weighted by Crippen LogP contribution is -2.34. The van der Waals surface area contributed by atoms with Crippen LogP contribution < -0.4 is 0 Å². The molecular formula is C13H12BrClN2O. The van der Waals surface area contributed by atoms with Crippen LogP contribution in [0.5, 0.6) is 0 Å². The van der Waals surface area contributed by atoms with E-state index in [1.54, 1.807) is 18.3 Å². The van der Waals surface area contributed by atoms with E-state index in [2.05, 4.69) is 20.9 Å². The van der Waals surface area contributed by atoms with Crippen LogP contribution in [0.15, 0.2) is 46.0 Å². The number of amides is 1. The second-order valence-corrected chi connectivity index (χ2v) is 5.13. The third kappa shape index (κ3) is 2.82. The Morgan fingerprint density at radius 1 is 1.56 bits per heavy atom. The number of alkyl halides is 1. The van der Waals surface area contributed by atoms with Crippen LogP contribution >= 0.6 is 27.5 Å². The summed E-state index contributed by atoms with van der Waals surface area (Å²) in [5, 5.41) is 0. The van der Waals surface area contributed by atoms with E-state index >= 15 is 0 Å². The number of allylic oxidation sites excluding steroid dienone is 1. The van der Waals surface area contributed by atoms with Crippen molar-refractivity contribution in [2.24, 2.45) is 4.99 Å². The molecule has 0 aromatic heterocycles. The lowest BCUT2D eigenvalue weighted by Gasteiger charge is -2.24. The number of carbonyl (C=O) groups is 1. The van der Waals surface area contributed by atoms with Crippen LogP contribution in [0, 0.1) is 0 Å². The number of hydrogen-bond acceptors (Lipinski definition) is 2. The summed E-state index contributed by atoms with van der Waals surface area (Å²) in [4.78, 5) is 17.9. The van der Waals surface area contributed by atoms with Gasteiger partial charge in [-0.1, -0.05) is 40.5 Å². The molecular weight excluding hydrogens is 316 g/mol. The van der Waals surface area contributed by atoms with E-state index < -0.39 is 5.62 Å². The molecule has 0 N–H and O–H groups in total. The molecule has 2 rings (SSSR count). The number of rotatable bonds is 2. The normalized spacial score (nSPS) is 18.7.